The fourth-order valence-electron chi connectivity index (χ4n) is 9.29. The highest BCUT2D eigenvalue weighted by Crippen LogP contribution is 2.69. The number of carboxylic acids is 1. The molecule has 1 aromatic rings. The van der Waals surface area contributed by atoms with Crippen LogP contribution in [-0.2, 0) is 37.9 Å². The van der Waals surface area contributed by atoms with Crippen LogP contribution >= 0.6 is 15.9 Å². The monoisotopic (exact) mass is 655 g/mol. The summed E-state index contributed by atoms with van der Waals surface area (Å²) < 4.78 is 15.6. The van der Waals surface area contributed by atoms with Gasteiger partial charge in [0.05, 0.1) is 0 Å². The van der Waals surface area contributed by atoms with Gasteiger partial charge in [0.15, 0.2) is 17.7 Å². The van der Waals surface area contributed by atoms with Crippen molar-refractivity contribution in [1.82, 2.24) is 4.57 Å². The fourth-order valence-corrected chi connectivity index (χ4v) is 9.29. The number of hydrogen-bond donors (Lipinski definition) is 1. The van der Waals surface area contributed by atoms with Gasteiger partial charge in [-0.15, -0.1) is 0 Å². The van der Waals surface area contributed by atoms with Gasteiger partial charge in [0, 0.05) is 35.1 Å². The van der Waals surface area contributed by atoms with E-state index in [2.05, 4.69) is 65.7 Å². The molecular formula is C36H50BrNO5. The Morgan fingerprint density at radius 3 is 2.47 bits per heavy atom. The number of carbonyl (C=O) groups is 2. The van der Waals surface area contributed by atoms with Crippen molar-refractivity contribution in [2.24, 2.45) is 30.2 Å². The molecular weight excluding hydrogens is 606 g/mol. The highest BCUT2D eigenvalue weighted by atomic mass is 79.9. The zero-order valence-electron chi connectivity index (χ0n) is 27.4. The number of ether oxygens (including phenoxy) is 2. The molecule has 0 amide bonds. The molecule has 7 atom stereocenters. The first-order chi connectivity index (χ1) is 20.2. The summed E-state index contributed by atoms with van der Waals surface area (Å²) in [4.78, 5) is 22.8. The number of carbonyl (C=O) groups excluding carboxylic acids is 1. The normalized spacial score (nSPS) is 36.4. The van der Waals surface area contributed by atoms with Crippen LogP contribution in [0.1, 0.15) is 98.8 Å². The zero-order chi connectivity index (χ0) is 31.7. The van der Waals surface area contributed by atoms with E-state index in [4.69, 9.17) is 14.6 Å². The number of hydrogen-bond acceptors (Lipinski definition) is 4. The van der Waals surface area contributed by atoms with Gasteiger partial charge in [-0.25, -0.2) is 0 Å². The van der Waals surface area contributed by atoms with Crippen LogP contribution in [0.25, 0.3) is 12.2 Å². The second kappa shape index (κ2) is 11.1. The number of ketones is 1. The van der Waals surface area contributed by atoms with E-state index >= 15 is 0 Å². The standard InChI is InChI=1S/C29H35NO3.C5H9BrO2.C2H6/c1-26(2)25-23(31)16-21-20-12-11-17-15-19-18-9-7-6-8-10-22(18)30(5)24(19)28(17,4)27(20,3)13-14-29(21,32-25)33-26;1-3(2)4(6)5(7)8;1-2/h6-7,9-10,16-17,20,25H,8,11-15H2,1-5H3;3-4H,1-2H3,(H,7,8);1-2H3/t17?,20?,25?,27?,28-,29?;;/m1../s1. The lowest BCUT2D eigenvalue weighted by molar-refractivity contribution is -0.205. The van der Waals surface area contributed by atoms with Crippen LogP contribution in [0.2, 0.25) is 0 Å². The number of carboxylic acid groups (broad SMARTS) is 1. The second-order valence-electron chi connectivity index (χ2n) is 14.3. The van der Waals surface area contributed by atoms with Crippen molar-refractivity contribution >= 4 is 39.8 Å². The number of nitrogens with zero attached hydrogens (tertiary/aromatic N) is 1. The van der Waals surface area contributed by atoms with Crippen LogP contribution < -0.4 is 10.6 Å². The first-order valence-corrected chi connectivity index (χ1v) is 17.2. The van der Waals surface area contributed by atoms with Crippen LogP contribution in [0.15, 0.2) is 23.8 Å². The van der Waals surface area contributed by atoms with Gasteiger partial charge >= 0.3 is 5.97 Å². The first kappa shape index (κ1) is 32.4. The Morgan fingerprint density at radius 2 is 1.84 bits per heavy atom. The molecule has 6 unspecified atom stereocenters. The predicted octanol–water partition coefficient (Wildman–Crippen LogP) is 6.10. The summed E-state index contributed by atoms with van der Waals surface area (Å²) in [5.74, 6) is -0.292. The average Bonchev–Trinajstić information content (AvgIpc) is 3.39. The minimum absolute atomic E-state index is 0.0609. The van der Waals surface area contributed by atoms with Gasteiger partial charge in [-0.3, -0.25) is 9.59 Å². The highest BCUT2D eigenvalue weighted by Gasteiger charge is 2.70. The Hall–Kier alpha value is -1.96. The van der Waals surface area contributed by atoms with E-state index < -0.39 is 28.3 Å². The summed E-state index contributed by atoms with van der Waals surface area (Å²) in [7, 11) is 2.28. The van der Waals surface area contributed by atoms with Gasteiger partial charge in [0.25, 0.3) is 0 Å². The van der Waals surface area contributed by atoms with Crippen molar-refractivity contribution in [3.63, 3.8) is 0 Å². The molecule has 1 aromatic heterocycles. The summed E-state index contributed by atoms with van der Waals surface area (Å²) >= 11 is 3.01. The summed E-state index contributed by atoms with van der Waals surface area (Å²) in [5.41, 5.74) is 3.79. The molecule has 1 N–H and O–H groups in total. The van der Waals surface area contributed by atoms with Crippen molar-refractivity contribution in [2.45, 2.75) is 122 Å². The molecule has 43 heavy (non-hydrogen) atoms. The van der Waals surface area contributed by atoms with Gasteiger partial charge in [0.2, 0.25) is 0 Å². The van der Waals surface area contributed by atoms with E-state index in [0.29, 0.717) is 11.8 Å². The lowest BCUT2D eigenvalue weighted by atomic mass is 9.44. The van der Waals surface area contributed by atoms with Crippen LogP contribution in [-0.4, -0.2) is 43.7 Å². The topological polar surface area (TPSA) is 77.8 Å². The van der Waals surface area contributed by atoms with E-state index in [0.717, 1.165) is 31.3 Å². The van der Waals surface area contributed by atoms with Gasteiger partial charge in [0.1, 0.15) is 10.4 Å². The number of rotatable bonds is 2. The molecule has 0 aromatic carbocycles. The lowest BCUT2D eigenvalue weighted by Crippen LogP contribution is -2.60. The molecule has 6 aliphatic rings. The minimum Gasteiger partial charge on any atom is -0.480 e. The van der Waals surface area contributed by atoms with Crippen LogP contribution in [0.4, 0.5) is 0 Å². The van der Waals surface area contributed by atoms with Crippen LogP contribution in [0.5, 0.6) is 0 Å². The molecule has 2 aliphatic heterocycles. The van der Waals surface area contributed by atoms with Gasteiger partial charge in [-0.2, -0.15) is 0 Å². The minimum atomic E-state index is -0.792. The number of fused-ring (bicyclic) bond motifs is 9. The molecule has 4 aliphatic carbocycles. The predicted molar refractivity (Wildman–Crippen MR) is 174 cm³/mol. The average molecular weight is 657 g/mol. The third-order valence-electron chi connectivity index (χ3n) is 11.5. The summed E-state index contributed by atoms with van der Waals surface area (Å²) in [6, 6.07) is 0. The molecule has 2 saturated carbocycles. The maximum atomic E-state index is 13.1. The van der Waals surface area contributed by atoms with E-state index in [9.17, 15) is 9.59 Å². The summed E-state index contributed by atoms with van der Waals surface area (Å²) in [5, 5.41) is 11.1. The van der Waals surface area contributed by atoms with E-state index in [1.807, 2.05) is 47.6 Å². The van der Waals surface area contributed by atoms with Crippen LogP contribution in [0, 0.1) is 23.2 Å². The molecule has 1 spiro atoms. The van der Waals surface area contributed by atoms with Crippen molar-refractivity contribution in [3.8, 4) is 0 Å². The second-order valence-corrected chi connectivity index (χ2v) is 15.3. The van der Waals surface area contributed by atoms with Gasteiger partial charge in [-0.05, 0) is 86.3 Å². The molecule has 3 fully saturated rings. The maximum Gasteiger partial charge on any atom is 0.317 e. The Bertz CT molecular complexity index is 1500. The molecule has 6 nitrogen and oxygen atoms in total. The van der Waals surface area contributed by atoms with Gasteiger partial charge < -0.3 is 19.1 Å². The van der Waals surface area contributed by atoms with Gasteiger partial charge in [-0.1, -0.05) is 81.8 Å². The maximum absolute atomic E-state index is 13.1. The number of aromatic nitrogens is 1. The largest absolute Gasteiger partial charge is 0.480 e. The summed E-state index contributed by atoms with van der Waals surface area (Å²) in [6.45, 7) is 16.8. The third kappa shape index (κ3) is 4.62. The number of alkyl halides is 1. The Labute approximate surface area is 265 Å². The quantitative estimate of drug-likeness (QED) is 0.390. The van der Waals surface area contributed by atoms with Crippen molar-refractivity contribution in [1.29, 1.82) is 0 Å². The fraction of sp³-hybridized carbons (Fsp3) is 0.667. The molecule has 2 bridgehead atoms. The van der Waals surface area contributed by atoms with Crippen LogP contribution in [0.3, 0.4) is 0 Å². The van der Waals surface area contributed by atoms with E-state index in [1.54, 1.807) is 5.56 Å². The molecule has 0 radical (unpaired) electrons. The smallest absolute Gasteiger partial charge is 0.317 e. The van der Waals surface area contributed by atoms with E-state index in [-0.39, 0.29) is 22.5 Å². The molecule has 1 saturated heterocycles. The number of aliphatic carboxylic acids is 1. The number of allylic oxidation sites excluding steroid dienone is 2. The Morgan fingerprint density at radius 1 is 1.14 bits per heavy atom. The van der Waals surface area contributed by atoms with E-state index in [1.165, 1.54) is 29.1 Å². The SMILES string of the molecule is CC.CC(C)C(Br)C(=O)O.Cn1c2c(c3c1=CCC=CC=3)CC1CCC3C4=CC(=O)C5OC4(CCC3(C)[C@@]21C)OC5(C)C. The lowest BCUT2D eigenvalue weighted by Gasteiger charge is -2.62. The highest BCUT2D eigenvalue weighted by molar-refractivity contribution is 9.10. The van der Waals surface area contributed by atoms with Crippen molar-refractivity contribution in [3.05, 3.63) is 45.6 Å². The Balaban J connectivity index is 0.000000323. The molecule has 3 heterocycles. The van der Waals surface area contributed by atoms with Crippen molar-refractivity contribution < 1.29 is 24.2 Å². The first-order valence-electron chi connectivity index (χ1n) is 16.2. The molecule has 7 heteroatoms. The third-order valence-corrected chi connectivity index (χ3v) is 12.9. The molecule has 236 valence electrons. The summed E-state index contributed by atoms with van der Waals surface area (Å²) in [6.07, 6.45) is 17.0. The zero-order valence-corrected chi connectivity index (χ0v) is 29.0. The Kier molecular flexibility index (Phi) is 8.40. The van der Waals surface area contributed by atoms with Crippen molar-refractivity contribution in [2.75, 3.05) is 0 Å². The molecule has 7 rings (SSSR count). The number of halogens is 1.